The summed E-state index contributed by atoms with van der Waals surface area (Å²) in [6.07, 6.45) is 0. The molecule has 0 aliphatic carbocycles. The minimum absolute atomic E-state index is 0.259. The zero-order chi connectivity index (χ0) is 17.7. The normalized spacial score (nSPS) is 11.5. The Morgan fingerprint density at radius 2 is 1.75 bits per heavy atom. The molecule has 5 nitrogen and oxygen atoms in total. The quantitative estimate of drug-likeness (QED) is 0.770. The molecule has 0 aliphatic heterocycles. The van der Waals surface area contributed by atoms with E-state index in [9.17, 15) is 8.42 Å². The van der Waals surface area contributed by atoms with Crippen LogP contribution >= 0.6 is 0 Å². The maximum Gasteiger partial charge on any atom is 0.243 e. The molecule has 0 spiro atoms. The average molecular weight is 349 g/mol. The van der Waals surface area contributed by atoms with Gasteiger partial charge in [0.1, 0.15) is 11.5 Å². The fourth-order valence-electron chi connectivity index (χ4n) is 2.39. The van der Waals surface area contributed by atoms with Gasteiger partial charge in [-0.2, -0.15) is 4.31 Å². The highest BCUT2D eigenvalue weighted by molar-refractivity contribution is 7.89. The molecule has 0 bridgehead atoms. The third-order valence-corrected chi connectivity index (χ3v) is 5.51. The van der Waals surface area contributed by atoms with Crippen LogP contribution in [0, 0.1) is 6.92 Å². The molecule has 0 amide bonds. The zero-order valence-corrected chi connectivity index (χ0v) is 15.3. The van der Waals surface area contributed by atoms with Crippen LogP contribution in [0.1, 0.15) is 18.1 Å². The third kappa shape index (κ3) is 4.07. The Morgan fingerprint density at radius 1 is 1.08 bits per heavy atom. The molecule has 0 saturated heterocycles. The average Bonchev–Trinajstić information content (AvgIpc) is 2.56. The van der Waals surface area contributed by atoms with Crippen LogP contribution in [0.3, 0.4) is 0 Å². The van der Waals surface area contributed by atoms with E-state index in [1.807, 2.05) is 38.1 Å². The molecule has 2 aromatic rings. The largest absolute Gasteiger partial charge is 0.496 e. The van der Waals surface area contributed by atoms with Crippen LogP contribution < -0.4 is 9.47 Å². The van der Waals surface area contributed by atoms with Crippen molar-refractivity contribution in [2.45, 2.75) is 25.3 Å². The summed E-state index contributed by atoms with van der Waals surface area (Å²) in [5.74, 6) is 1.45. The van der Waals surface area contributed by atoms with Crippen molar-refractivity contribution in [3.63, 3.8) is 0 Å². The monoisotopic (exact) mass is 349 g/mol. The lowest BCUT2D eigenvalue weighted by Gasteiger charge is -2.18. The highest BCUT2D eigenvalue weighted by Gasteiger charge is 2.21. The third-order valence-electron chi connectivity index (χ3n) is 3.71. The van der Waals surface area contributed by atoms with Crippen molar-refractivity contribution in [1.82, 2.24) is 4.31 Å². The maximum atomic E-state index is 12.7. The van der Waals surface area contributed by atoms with E-state index in [-0.39, 0.29) is 4.90 Å². The number of methoxy groups -OCH3 is 1. The van der Waals surface area contributed by atoms with E-state index in [0.717, 1.165) is 16.9 Å². The van der Waals surface area contributed by atoms with Gasteiger partial charge in [-0.3, -0.25) is 0 Å². The molecule has 0 fully saturated rings. The first-order chi connectivity index (χ1) is 11.4. The molecule has 2 aromatic carbocycles. The number of nitrogens with zero attached hydrogens (tertiary/aromatic N) is 1. The van der Waals surface area contributed by atoms with E-state index < -0.39 is 10.0 Å². The number of hydrogen-bond donors (Lipinski definition) is 0. The Kier molecular flexibility index (Phi) is 5.85. The predicted octanol–water partition coefficient (Wildman–Crippen LogP) is 3.22. The van der Waals surface area contributed by atoms with Gasteiger partial charge in [0.05, 0.1) is 18.6 Å². The number of benzene rings is 2. The Morgan fingerprint density at radius 3 is 2.29 bits per heavy atom. The van der Waals surface area contributed by atoms with E-state index in [4.69, 9.17) is 9.47 Å². The summed E-state index contributed by atoms with van der Waals surface area (Å²) in [4.78, 5) is 0.259. The number of aryl methyl sites for hydroxylation is 1. The Hall–Kier alpha value is -2.05. The topological polar surface area (TPSA) is 55.8 Å². The standard InChI is InChI=1S/C18H23NO4S/c1-5-23-16-8-6-15(7-9-16)13-19(3)24(20,21)17-10-11-18(22-4)14(2)12-17/h6-12H,5,13H2,1-4H3. The van der Waals surface area contributed by atoms with E-state index in [2.05, 4.69) is 0 Å². The van der Waals surface area contributed by atoms with E-state index in [1.165, 1.54) is 4.31 Å². The molecule has 0 aliphatic rings. The highest BCUT2D eigenvalue weighted by Crippen LogP contribution is 2.24. The molecule has 6 heteroatoms. The van der Waals surface area contributed by atoms with Crippen LogP contribution in [0.15, 0.2) is 47.4 Å². The molecule has 0 saturated carbocycles. The number of sulfonamides is 1. The van der Waals surface area contributed by atoms with Crippen molar-refractivity contribution < 1.29 is 17.9 Å². The molecule has 24 heavy (non-hydrogen) atoms. The first-order valence-electron chi connectivity index (χ1n) is 7.71. The van der Waals surface area contributed by atoms with Gasteiger partial charge in [-0.05, 0) is 55.3 Å². The molecular weight excluding hydrogens is 326 g/mol. The molecule has 2 rings (SSSR count). The van der Waals surface area contributed by atoms with Gasteiger partial charge >= 0.3 is 0 Å². The Labute approximate surface area is 143 Å². The van der Waals surface area contributed by atoms with Crippen LogP contribution in [0.4, 0.5) is 0 Å². The molecule has 0 atom stereocenters. The number of ether oxygens (including phenoxy) is 2. The van der Waals surface area contributed by atoms with Crippen molar-refractivity contribution >= 4 is 10.0 Å². The lowest BCUT2D eigenvalue weighted by atomic mass is 10.2. The van der Waals surface area contributed by atoms with Crippen molar-refractivity contribution in [2.24, 2.45) is 0 Å². The predicted molar refractivity (Wildman–Crippen MR) is 94.0 cm³/mol. The summed E-state index contributed by atoms with van der Waals surface area (Å²) in [6.45, 7) is 4.64. The van der Waals surface area contributed by atoms with Crippen molar-refractivity contribution in [1.29, 1.82) is 0 Å². The highest BCUT2D eigenvalue weighted by atomic mass is 32.2. The minimum Gasteiger partial charge on any atom is -0.496 e. The van der Waals surface area contributed by atoms with Crippen molar-refractivity contribution in [2.75, 3.05) is 20.8 Å². The molecule has 0 aromatic heterocycles. The summed E-state index contributed by atoms with van der Waals surface area (Å²) in [5.41, 5.74) is 1.68. The minimum atomic E-state index is -3.56. The number of hydrogen-bond acceptors (Lipinski definition) is 4. The van der Waals surface area contributed by atoms with Gasteiger partial charge in [0.25, 0.3) is 0 Å². The molecule has 130 valence electrons. The summed E-state index contributed by atoms with van der Waals surface area (Å²) in [5, 5.41) is 0. The second kappa shape index (κ2) is 7.68. The second-order valence-corrected chi connectivity index (χ2v) is 7.51. The molecule has 0 radical (unpaired) electrons. The van der Waals surface area contributed by atoms with Gasteiger partial charge in [-0.25, -0.2) is 8.42 Å². The van der Waals surface area contributed by atoms with Crippen molar-refractivity contribution in [3.8, 4) is 11.5 Å². The molecule has 0 heterocycles. The molecular formula is C18H23NO4S. The zero-order valence-electron chi connectivity index (χ0n) is 14.4. The van der Waals surface area contributed by atoms with Gasteiger partial charge in [0, 0.05) is 13.6 Å². The van der Waals surface area contributed by atoms with Crippen LogP contribution in [0.2, 0.25) is 0 Å². The summed E-state index contributed by atoms with van der Waals surface area (Å²) >= 11 is 0. The first kappa shape index (κ1) is 18.3. The first-order valence-corrected chi connectivity index (χ1v) is 9.15. The SMILES string of the molecule is CCOc1ccc(CN(C)S(=O)(=O)c2ccc(OC)c(C)c2)cc1. The second-order valence-electron chi connectivity index (χ2n) is 5.47. The van der Waals surface area contributed by atoms with Gasteiger partial charge < -0.3 is 9.47 Å². The van der Waals surface area contributed by atoms with Gasteiger partial charge in [-0.15, -0.1) is 0 Å². The Bertz CT molecular complexity index is 785. The lowest BCUT2D eigenvalue weighted by molar-refractivity contribution is 0.340. The van der Waals surface area contributed by atoms with Gasteiger partial charge in [0.2, 0.25) is 10.0 Å². The van der Waals surface area contributed by atoms with E-state index >= 15 is 0 Å². The lowest BCUT2D eigenvalue weighted by Crippen LogP contribution is -2.26. The summed E-state index contributed by atoms with van der Waals surface area (Å²) in [6, 6.07) is 12.3. The molecule has 0 unspecified atom stereocenters. The summed E-state index contributed by atoms with van der Waals surface area (Å²) in [7, 11) is -0.420. The maximum absolute atomic E-state index is 12.7. The van der Waals surface area contributed by atoms with E-state index in [0.29, 0.717) is 18.9 Å². The fraction of sp³-hybridized carbons (Fsp3) is 0.333. The Balaban J connectivity index is 2.18. The molecule has 0 N–H and O–H groups in total. The van der Waals surface area contributed by atoms with Crippen LogP contribution in [-0.4, -0.2) is 33.5 Å². The van der Waals surface area contributed by atoms with Gasteiger partial charge in [-0.1, -0.05) is 12.1 Å². The van der Waals surface area contributed by atoms with Crippen LogP contribution in [0.5, 0.6) is 11.5 Å². The van der Waals surface area contributed by atoms with Gasteiger partial charge in [0.15, 0.2) is 0 Å². The summed E-state index contributed by atoms with van der Waals surface area (Å²) < 4.78 is 37.3. The smallest absolute Gasteiger partial charge is 0.243 e. The van der Waals surface area contributed by atoms with Crippen LogP contribution in [0.25, 0.3) is 0 Å². The number of rotatable bonds is 7. The fourth-order valence-corrected chi connectivity index (χ4v) is 3.64. The van der Waals surface area contributed by atoms with Crippen molar-refractivity contribution in [3.05, 3.63) is 53.6 Å². The van der Waals surface area contributed by atoms with E-state index in [1.54, 1.807) is 32.4 Å². The van der Waals surface area contributed by atoms with Crippen LogP contribution in [-0.2, 0) is 16.6 Å².